The number of nitrogens with two attached hydrogens (primary N) is 1. The Bertz CT molecular complexity index is 486. The van der Waals surface area contributed by atoms with Crippen molar-refractivity contribution in [1.82, 2.24) is 14.3 Å². The van der Waals surface area contributed by atoms with Crippen molar-refractivity contribution < 1.29 is 0 Å². The minimum absolute atomic E-state index is 0.135. The van der Waals surface area contributed by atoms with E-state index in [0.29, 0.717) is 11.0 Å². The van der Waals surface area contributed by atoms with Crippen LogP contribution in [0.1, 0.15) is 17.8 Å². The third kappa shape index (κ3) is 1.24. The lowest BCUT2D eigenvalue weighted by Gasteiger charge is -1.98. The lowest BCUT2D eigenvalue weighted by molar-refractivity contribution is 0.842. The maximum atomic E-state index is 11.2. The molecule has 2 aromatic heterocycles. The number of aromatic amines is 1. The molecule has 0 aliphatic rings. The molecule has 0 aliphatic carbocycles. The number of hydrogen-bond donors (Lipinski definition) is 2. The Labute approximate surface area is 77.8 Å². The van der Waals surface area contributed by atoms with Crippen molar-refractivity contribution in [3.8, 4) is 0 Å². The highest BCUT2D eigenvalue weighted by molar-refractivity contribution is 7.07. The van der Waals surface area contributed by atoms with Gasteiger partial charge in [0, 0.05) is 6.04 Å². The molecule has 1 atom stereocenters. The highest BCUT2D eigenvalue weighted by Gasteiger charge is 2.12. The summed E-state index contributed by atoms with van der Waals surface area (Å²) in [5.74, 6) is 0. The summed E-state index contributed by atoms with van der Waals surface area (Å²) in [6.07, 6.45) is 1.37. The van der Waals surface area contributed by atoms with E-state index in [1.807, 2.05) is 6.92 Å². The molecule has 2 rings (SSSR count). The predicted octanol–water partition coefficient (Wildman–Crippen LogP) is 0.399. The Morgan fingerprint density at radius 1 is 1.62 bits per heavy atom. The summed E-state index contributed by atoms with van der Waals surface area (Å²) >= 11 is 1.23. The van der Waals surface area contributed by atoms with Gasteiger partial charge >= 0.3 is 0 Å². The molecule has 0 amide bonds. The second-order valence-electron chi connectivity index (χ2n) is 2.76. The first-order chi connectivity index (χ1) is 6.20. The van der Waals surface area contributed by atoms with Crippen LogP contribution in [0.3, 0.4) is 0 Å². The van der Waals surface area contributed by atoms with Gasteiger partial charge in [0.2, 0.25) is 0 Å². The van der Waals surface area contributed by atoms with Crippen LogP contribution in [0.4, 0.5) is 0 Å². The van der Waals surface area contributed by atoms with Crippen molar-refractivity contribution >= 4 is 22.6 Å². The van der Waals surface area contributed by atoms with Gasteiger partial charge in [-0.1, -0.05) is 0 Å². The van der Waals surface area contributed by atoms with Crippen LogP contribution in [0.15, 0.2) is 11.1 Å². The number of fused-ring (bicyclic) bond motifs is 1. The molecule has 0 radical (unpaired) electrons. The summed E-state index contributed by atoms with van der Waals surface area (Å²) < 4.78 is 3.99. The quantitative estimate of drug-likeness (QED) is 0.691. The van der Waals surface area contributed by atoms with Gasteiger partial charge in [-0.2, -0.15) is 4.37 Å². The average Bonchev–Trinajstić information content (AvgIpc) is 2.48. The Hall–Kier alpha value is -1.27. The van der Waals surface area contributed by atoms with Crippen LogP contribution in [-0.2, 0) is 0 Å². The van der Waals surface area contributed by atoms with Crippen LogP contribution in [0, 0.1) is 0 Å². The molecule has 0 bridgehead atoms. The molecule has 2 aromatic rings. The molecule has 2 heterocycles. The van der Waals surface area contributed by atoms with E-state index in [0.717, 1.165) is 4.88 Å². The van der Waals surface area contributed by atoms with E-state index >= 15 is 0 Å². The number of hydrogen-bond acceptors (Lipinski definition) is 5. The molecule has 3 N–H and O–H groups in total. The molecule has 0 aromatic carbocycles. The van der Waals surface area contributed by atoms with Gasteiger partial charge in [0.1, 0.15) is 5.52 Å². The van der Waals surface area contributed by atoms with Crippen molar-refractivity contribution in [3.05, 3.63) is 21.6 Å². The maximum absolute atomic E-state index is 11.2. The molecule has 1 unspecified atom stereocenters. The molecule has 6 heteroatoms. The van der Waals surface area contributed by atoms with E-state index in [9.17, 15) is 4.79 Å². The molecule has 13 heavy (non-hydrogen) atoms. The zero-order chi connectivity index (χ0) is 9.42. The number of aromatic nitrogens is 3. The van der Waals surface area contributed by atoms with Gasteiger partial charge in [0.15, 0.2) is 5.52 Å². The minimum Gasteiger partial charge on any atom is -0.323 e. The largest absolute Gasteiger partial charge is 0.323 e. The van der Waals surface area contributed by atoms with E-state index < -0.39 is 0 Å². The monoisotopic (exact) mass is 196 g/mol. The molecular formula is C7H8N4OS. The van der Waals surface area contributed by atoms with Crippen molar-refractivity contribution in [2.75, 3.05) is 0 Å². The summed E-state index contributed by atoms with van der Waals surface area (Å²) in [4.78, 5) is 18.6. The molecule has 0 spiro atoms. The van der Waals surface area contributed by atoms with E-state index in [2.05, 4.69) is 14.3 Å². The molecule has 0 saturated heterocycles. The zero-order valence-electron chi connectivity index (χ0n) is 6.94. The number of nitrogens with zero attached hydrogens (tertiary/aromatic N) is 2. The minimum atomic E-state index is -0.215. The van der Waals surface area contributed by atoms with Crippen LogP contribution in [0.5, 0.6) is 0 Å². The smallest absolute Gasteiger partial charge is 0.278 e. The van der Waals surface area contributed by atoms with Crippen molar-refractivity contribution in [2.45, 2.75) is 13.0 Å². The molecular weight excluding hydrogens is 188 g/mol. The fraction of sp³-hybridized carbons (Fsp3) is 0.286. The normalized spacial score (nSPS) is 13.4. The first-order valence-corrected chi connectivity index (χ1v) is 4.56. The summed E-state index contributed by atoms with van der Waals surface area (Å²) in [6, 6.07) is -0.135. The summed E-state index contributed by atoms with van der Waals surface area (Å²) in [7, 11) is 0. The fourth-order valence-corrected chi connectivity index (χ4v) is 1.86. The third-order valence-electron chi connectivity index (χ3n) is 1.71. The van der Waals surface area contributed by atoms with E-state index in [4.69, 9.17) is 5.73 Å². The van der Waals surface area contributed by atoms with Gasteiger partial charge in [-0.15, -0.1) is 0 Å². The summed E-state index contributed by atoms with van der Waals surface area (Å²) in [6.45, 7) is 1.84. The standard InChI is InChI=1S/C7H8N4OS/c1-3(8)6-4-5(11-13-6)7(12)10-2-9-4/h2-3H,8H2,1H3,(H,9,10,12). The highest BCUT2D eigenvalue weighted by atomic mass is 32.1. The van der Waals surface area contributed by atoms with Crippen molar-refractivity contribution in [2.24, 2.45) is 5.73 Å². The highest BCUT2D eigenvalue weighted by Crippen LogP contribution is 2.22. The maximum Gasteiger partial charge on any atom is 0.278 e. The topological polar surface area (TPSA) is 84.7 Å². The van der Waals surface area contributed by atoms with Gasteiger partial charge in [0.05, 0.1) is 11.2 Å². The second kappa shape index (κ2) is 2.90. The van der Waals surface area contributed by atoms with Gasteiger partial charge in [-0.25, -0.2) is 4.98 Å². The molecule has 0 saturated carbocycles. The SMILES string of the molecule is CC(N)c1snc2c(=O)[nH]cnc12. The first kappa shape index (κ1) is 8.33. The van der Waals surface area contributed by atoms with Crippen LogP contribution >= 0.6 is 11.5 Å². The molecule has 68 valence electrons. The Morgan fingerprint density at radius 3 is 3.08 bits per heavy atom. The number of rotatable bonds is 1. The van der Waals surface area contributed by atoms with E-state index in [1.165, 1.54) is 17.9 Å². The fourth-order valence-electron chi connectivity index (χ4n) is 1.09. The van der Waals surface area contributed by atoms with Gasteiger partial charge in [-0.3, -0.25) is 4.79 Å². The second-order valence-corrected chi connectivity index (χ2v) is 3.57. The Kier molecular flexibility index (Phi) is 1.86. The van der Waals surface area contributed by atoms with Crippen molar-refractivity contribution in [1.29, 1.82) is 0 Å². The van der Waals surface area contributed by atoms with E-state index in [1.54, 1.807) is 0 Å². The summed E-state index contributed by atoms with van der Waals surface area (Å²) in [5, 5.41) is 0. The van der Waals surface area contributed by atoms with Crippen LogP contribution < -0.4 is 11.3 Å². The van der Waals surface area contributed by atoms with Crippen LogP contribution in [0.2, 0.25) is 0 Å². The molecule has 0 aliphatic heterocycles. The lowest BCUT2D eigenvalue weighted by Crippen LogP contribution is -2.08. The molecule has 5 nitrogen and oxygen atoms in total. The lowest BCUT2D eigenvalue weighted by atomic mass is 10.2. The van der Waals surface area contributed by atoms with Crippen LogP contribution in [-0.4, -0.2) is 14.3 Å². The van der Waals surface area contributed by atoms with Gasteiger partial charge in [-0.05, 0) is 18.5 Å². The van der Waals surface area contributed by atoms with E-state index in [-0.39, 0.29) is 11.6 Å². The number of nitrogens with one attached hydrogen (secondary N) is 1. The third-order valence-corrected chi connectivity index (χ3v) is 2.75. The number of H-pyrrole nitrogens is 1. The Balaban J connectivity index is 2.83. The van der Waals surface area contributed by atoms with Crippen molar-refractivity contribution in [3.63, 3.8) is 0 Å². The van der Waals surface area contributed by atoms with Crippen LogP contribution in [0.25, 0.3) is 11.0 Å². The Morgan fingerprint density at radius 2 is 2.38 bits per heavy atom. The van der Waals surface area contributed by atoms with Gasteiger partial charge < -0.3 is 10.7 Å². The molecule has 0 fully saturated rings. The van der Waals surface area contributed by atoms with Gasteiger partial charge in [0.25, 0.3) is 5.56 Å². The summed E-state index contributed by atoms with van der Waals surface area (Å²) in [5.41, 5.74) is 6.47. The predicted molar refractivity (Wildman–Crippen MR) is 50.6 cm³/mol. The first-order valence-electron chi connectivity index (χ1n) is 3.78. The zero-order valence-corrected chi connectivity index (χ0v) is 7.76. The average molecular weight is 196 g/mol.